The van der Waals surface area contributed by atoms with Crippen molar-refractivity contribution in [1.29, 1.82) is 0 Å². The third-order valence-electron chi connectivity index (χ3n) is 3.41. The van der Waals surface area contributed by atoms with Crippen LogP contribution in [0.25, 0.3) is 0 Å². The zero-order chi connectivity index (χ0) is 15.1. The highest BCUT2D eigenvalue weighted by Crippen LogP contribution is 2.11. The van der Waals surface area contributed by atoms with Crippen LogP contribution in [-0.2, 0) is 0 Å². The van der Waals surface area contributed by atoms with Crippen molar-refractivity contribution in [1.82, 2.24) is 4.90 Å². The van der Waals surface area contributed by atoms with Gasteiger partial charge in [0.25, 0.3) is 5.91 Å². The van der Waals surface area contributed by atoms with Crippen molar-refractivity contribution in [3.8, 4) is 0 Å². The standard InChI is InChI=1S/C15H23N3O2/c1-4-11(3)10-18(5-2)15(19)13-8-6-7-12(9-13)14(16)17-20/h6-9,11,20H,4-5,10H2,1-3H3,(H2,16,17). The zero-order valence-electron chi connectivity index (χ0n) is 12.3. The molecule has 0 saturated heterocycles. The molecular formula is C15H23N3O2. The van der Waals surface area contributed by atoms with E-state index in [0.29, 0.717) is 23.6 Å². The Kier molecular flexibility index (Phi) is 6.03. The van der Waals surface area contributed by atoms with Gasteiger partial charge in [-0.3, -0.25) is 4.79 Å². The number of nitrogens with two attached hydrogens (primary N) is 1. The summed E-state index contributed by atoms with van der Waals surface area (Å²) in [6, 6.07) is 6.83. The Labute approximate surface area is 120 Å². The second kappa shape index (κ2) is 7.53. The van der Waals surface area contributed by atoms with Crippen LogP contribution in [0.2, 0.25) is 0 Å². The number of hydrogen-bond donors (Lipinski definition) is 2. The predicted octanol–water partition coefficient (Wildman–Crippen LogP) is 2.29. The molecule has 1 aromatic rings. The average molecular weight is 277 g/mol. The lowest BCUT2D eigenvalue weighted by atomic mass is 10.1. The molecule has 0 fully saturated rings. The highest BCUT2D eigenvalue weighted by Gasteiger charge is 2.16. The fraction of sp³-hybridized carbons (Fsp3) is 0.467. The highest BCUT2D eigenvalue weighted by molar-refractivity contribution is 6.01. The zero-order valence-corrected chi connectivity index (χ0v) is 12.3. The molecule has 5 nitrogen and oxygen atoms in total. The minimum Gasteiger partial charge on any atom is -0.409 e. The molecule has 0 saturated carbocycles. The molecule has 0 bridgehead atoms. The lowest BCUT2D eigenvalue weighted by Gasteiger charge is -2.24. The normalized spacial score (nSPS) is 13.1. The fourth-order valence-corrected chi connectivity index (χ4v) is 1.91. The van der Waals surface area contributed by atoms with E-state index in [-0.39, 0.29) is 11.7 Å². The average Bonchev–Trinajstić information content (AvgIpc) is 2.50. The van der Waals surface area contributed by atoms with E-state index < -0.39 is 0 Å². The van der Waals surface area contributed by atoms with Crippen LogP contribution in [0.3, 0.4) is 0 Å². The Hall–Kier alpha value is -2.04. The van der Waals surface area contributed by atoms with Gasteiger partial charge in [0, 0.05) is 24.2 Å². The van der Waals surface area contributed by atoms with E-state index in [1.807, 2.05) is 11.8 Å². The van der Waals surface area contributed by atoms with Gasteiger partial charge < -0.3 is 15.8 Å². The van der Waals surface area contributed by atoms with Crippen molar-refractivity contribution in [2.75, 3.05) is 13.1 Å². The number of hydrogen-bond acceptors (Lipinski definition) is 3. The molecule has 20 heavy (non-hydrogen) atoms. The number of amides is 1. The number of carbonyl (C=O) groups is 1. The van der Waals surface area contributed by atoms with Crippen molar-refractivity contribution in [3.63, 3.8) is 0 Å². The molecule has 5 heteroatoms. The first kappa shape index (κ1) is 16.0. The maximum Gasteiger partial charge on any atom is 0.253 e. The number of nitrogens with zero attached hydrogens (tertiary/aromatic N) is 2. The first-order valence-corrected chi connectivity index (χ1v) is 6.90. The molecule has 0 spiro atoms. The van der Waals surface area contributed by atoms with Crippen LogP contribution in [0, 0.1) is 5.92 Å². The van der Waals surface area contributed by atoms with Crippen molar-refractivity contribution < 1.29 is 10.0 Å². The summed E-state index contributed by atoms with van der Waals surface area (Å²) in [6.45, 7) is 7.61. The number of rotatable bonds is 6. The molecule has 1 aromatic carbocycles. The first-order valence-electron chi connectivity index (χ1n) is 6.90. The van der Waals surface area contributed by atoms with Crippen LogP contribution in [0.4, 0.5) is 0 Å². The predicted molar refractivity (Wildman–Crippen MR) is 80.0 cm³/mol. The summed E-state index contributed by atoms with van der Waals surface area (Å²) < 4.78 is 0. The Morgan fingerprint density at radius 2 is 2.05 bits per heavy atom. The number of oxime groups is 1. The third kappa shape index (κ3) is 3.98. The highest BCUT2D eigenvalue weighted by atomic mass is 16.4. The number of benzene rings is 1. The van der Waals surface area contributed by atoms with Gasteiger partial charge in [-0.1, -0.05) is 37.6 Å². The summed E-state index contributed by atoms with van der Waals surface area (Å²) in [5.74, 6) is 0.441. The molecule has 0 aliphatic heterocycles. The Morgan fingerprint density at radius 3 is 2.60 bits per heavy atom. The van der Waals surface area contributed by atoms with Gasteiger partial charge in [-0.25, -0.2) is 0 Å². The molecule has 3 N–H and O–H groups in total. The van der Waals surface area contributed by atoms with Gasteiger partial charge in [0.2, 0.25) is 0 Å². The molecule has 110 valence electrons. The van der Waals surface area contributed by atoms with Gasteiger partial charge in [-0.15, -0.1) is 0 Å². The van der Waals surface area contributed by atoms with Gasteiger partial charge in [0.15, 0.2) is 5.84 Å². The topological polar surface area (TPSA) is 78.9 Å². The van der Waals surface area contributed by atoms with Gasteiger partial charge in [-0.05, 0) is 25.0 Å². The second-order valence-electron chi connectivity index (χ2n) is 4.92. The molecule has 0 aliphatic carbocycles. The molecular weight excluding hydrogens is 254 g/mol. The summed E-state index contributed by atoms with van der Waals surface area (Å²) in [4.78, 5) is 14.3. The fourth-order valence-electron chi connectivity index (χ4n) is 1.91. The van der Waals surface area contributed by atoms with Crippen molar-refractivity contribution in [2.45, 2.75) is 27.2 Å². The summed E-state index contributed by atoms with van der Waals surface area (Å²) in [5, 5.41) is 11.6. The Morgan fingerprint density at radius 1 is 1.40 bits per heavy atom. The van der Waals surface area contributed by atoms with Gasteiger partial charge in [-0.2, -0.15) is 0 Å². The minimum absolute atomic E-state index is 0.00428. The van der Waals surface area contributed by atoms with Crippen molar-refractivity contribution >= 4 is 11.7 Å². The summed E-state index contributed by atoms with van der Waals surface area (Å²) in [5.41, 5.74) is 6.64. The van der Waals surface area contributed by atoms with Crippen molar-refractivity contribution in [3.05, 3.63) is 35.4 Å². The third-order valence-corrected chi connectivity index (χ3v) is 3.41. The SMILES string of the molecule is CCC(C)CN(CC)C(=O)c1cccc(C(N)=NO)c1. The molecule has 0 aromatic heterocycles. The lowest BCUT2D eigenvalue weighted by Crippen LogP contribution is -2.34. The van der Waals surface area contributed by atoms with Gasteiger partial charge in [0.1, 0.15) is 0 Å². The molecule has 1 atom stereocenters. The second-order valence-corrected chi connectivity index (χ2v) is 4.92. The molecule has 1 rings (SSSR count). The molecule has 0 heterocycles. The number of carbonyl (C=O) groups excluding carboxylic acids is 1. The van der Waals surface area contributed by atoms with Crippen LogP contribution in [-0.4, -0.2) is 34.9 Å². The molecule has 0 radical (unpaired) electrons. The van der Waals surface area contributed by atoms with E-state index in [9.17, 15) is 4.79 Å². The van der Waals surface area contributed by atoms with Crippen LogP contribution in [0.5, 0.6) is 0 Å². The molecule has 0 aliphatic rings. The van der Waals surface area contributed by atoms with Crippen LogP contribution in [0.1, 0.15) is 43.1 Å². The minimum atomic E-state index is -0.0274. The maximum absolute atomic E-state index is 12.5. The van der Waals surface area contributed by atoms with E-state index in [4.69, 9.17) is 10.9 Å². The van der Waals surface area contributed by atoms with Gasteiger partial charge >= 0.3 is 0 Å². The molecule has 1 unspecified atom stereocenters. The summed E-state index contributed by atoms with van der Waals surface area (Å²) in [7, 11) is 0. The van der Waals surface area contributed by atoms with Crippen molar-refractivity contribution in [2.24, 2.45) is 16.8 Å². The van der Waals surface area contributed by atoms with E-state index >= 15 is 0 Å². The van der Waals surface area contributed by atoms with Gasteiger partial charge in [0.05, 0.1) is 0 Å². The first-order chi connectivity index (χ1) is 9.53. The van der Waals surface area contributed by atoms with Crippen LogP contribution >= 0.6 is 0 Å². The van der Waals surface area contributed by atoms with E-state index in [2.05, 4.69) is 19.0 Å². The lowest BCUT2D eigenvalue weighted by molar-refractivity contribution is 0.0741. The van der Waals surface area contributed by atoms with E-state index in [1.165, 1.54) is 0 Å². The van der Waals surface area contributed by atoms with Crippen LogP contribution < -0.4 is 5.73 Å². The summed E-state index contributed by atoms with van der Waals surface area (Å²) >= 11 is 0. The number of amidine groups is 1. The molecule has 1 amide bonds. The summed E-state index contributed by atoms with van der Waals surface area (Å²) in [6.07, 6.45) is 1.04. The monoisotopic (exact) mass is 277 g/mol. The quantitative estimate of drug-likeness (QED) is 0.362. The Bertz CT molecular complexity index is 486. The van der Waals surface area contributed by atoms with E-state index in [0.717, 1.165) is 13.0 Å². The Balaban J connectivity index is 2.95. The van der Waals surface area contributed by atoms with E-state index in [1.54, 1.807) is 24.3 Å². The maximum atomic E-state index is 12.5. The smallest absolute Gasteiger partial charge is 0.253 e. The van der Waals surface area contributed by atoms with Crippen LogP contribution in [0.15, 0.2) is 29.4 Å². The largest absolute Gasteiger partial charge is 0.409 e.